The zero-order valence-corrected chi connectivity index (χ0v) is 16.8. The van der Waals surface area contributed by atoms with Crippen LogP contribution in [0.4, 0.5) is 5.69 Å². The van der Waals surface area contributed by atoms with E-state index in [1.54, 1.807) is 42.6 Å². The Balaban J connectivity index is 1.98. The van der Waals surface area contributed by atoms with E-state index in [9.17, 15) is 19.0 Å². The fraction of sp³-hybridized carbons (Fsp3) is 0.250. The summed E-state index contributed by atoms with van der Waals surface area (Å²) in [7, 11) is -3.52. The van der Waals surface area contributed by atoms with Crippen LogP contribution < -0.4 is 10.9 Å². The van der Waals surface area contributed by atoms with Crippen LogP contribution in [-0.2, 0) is 6.54 Å². The molecule has 0 saturated carbocycles. The molecule has 9 heteroatoms. The average Bonchev–Trinajstić information content (AvgIpc) is 2.70. The van der Waals surface area contributed by atoms with Gasteiger partial charge in [-0.25, -0.2) is 4.98 Å². The summed E-state index contributed by atoms with van der Waals surface area (Å²) in [5, 5.41) is 14.2. The third-order valence-corrected chi connectivity index (χ3v) is 6.46. The number of nitrogens with one attached hydrogen (secondary N) is 1. The van der Waals surface area contributed by atoms with E-state index in [1.807, 2.05) is 13.8 Å². The lowest BCUT2D eigenvalue weighted by molar-refractivity contribution is 0.456. The van der Waals surface area contributed by atoms with Gasteiger partial charge in [-0.3, -0.25) is 18.5 Å². The minimum Gasteiger partial charge on any atom is -0.506 e. The minimum atomic E-state index is -3.52. The monoisotopic (exact) mass is 414 g/mol. The summed E-state index contributed by atoms with van der Waals surface area (Å²) in [6.45, 7) is 4.47. The highest BCUT2D eigenvalue weighted by molar-refractivity contribution is 8.23. The van der Waals surface area contributed by atoms with Crippen molar-refractivity contribution in [1.82, 2.24) is 9.55 Å². The van der Waals surface area contributed by atoms with Gasteiger partial charge in [-0.15, -0.1) is 4.40 Å². The van der Waals surface area contributed by atoms with Gasteiger partial charge in [0.05, 0.1) is 11.1 Å². The van der Waals surface area contributed by atoms with Crippen molar-refractivity contribution in [2.45, 2.75) is 31.7 Å². The van der Waals surface area contributed by atoms with E-state index < -0.39 is 16.3 Å². The summed E-state index contributed by atoms with van der Waals surface area (Å²) in [4.78, 5) is 17.9. The van der Waals surface area contributed by atoms with E-state index >= 15 is 0 Å². The Morgan fingerprint density at radius 2 is 1.97 bits per heavy atom. The Hall–Kier alpha value is -2.88. The van der Waals surface area contributed by atoms with E-state index in [0.717, 1.165) is 6.42 Å². The molecule has 0 aliphatic carbocycles. The second-order valence-electron chi connectivity index (χ2n) is 7.11. The van der Waals surface area contributed by atoms with Gasteiger partial charge in [0.25, 0.3) is 5.56 Å². The van der Waals surface area contributed by atoms with E-state index in [0.29, 0.717) is 23.3 Å². The van der Waals surface area contributed by atoms with Crippen LogP contribution in [-0.4, -0.2) is 29.6 Å². The number of pyridine rings is 2. The van der Waals surface area contributed by atoms with Crippen molar-refractivity contribution < 1.29 is 14.2 Å². The standard InChI is InChI=1S/C20H22N4O4S/c1-3-12(2)11-24-19-13(7-6-10-21-19)17(25)16(20(24)26)18-22-14-8-4-5-9-15(14)29(27,28)23-18/h4-10,12,25,27-28H,3,11H2,1-2H3,(H,22,23)/t12-/m0/s1. The van der Waals surface area contributed by atoms with Gasteiger partial charge in [-0.2, -0.15) is 0 Å². The molecule has 29 heavy (non-hydrogen) atoms. The molecule has 1 atom stereocenters. The lowest BCUT2D eigenvalue weighted by Gasteiger charge is -2.34. The maximum Gasteiger partial charge on any atom is 0.267 e. The largest absolute Gasteiger partial charge is 0.506 e. The molecule has 8 nitrogen and oxygen atoms in total. The zero-order chi connectivity index (χ0) is 20.8. The number of benzene rings is 1. The predicted octanol–water partition coefficient (Wildman–Crippen LogP) is 4.05. The molecule has 3 heterocycles. The van der Waals surface area contributed by atoms with Crippen molar-refractivity contribution in [2.75, 3.05) is 5.32 Å². The van der Waals surface area contributed by atoms with E-state index in [1.165, 1.54) is 4.57 Å². The number of fused-ring (bicyclic) bond motifs is 2. The number of para-hydroxylation sites is 1. The molecule has 1 aliphatic heterocycles. The number of nitrogens with zero attached hydrogens (tertiary/aromatic N) is 3. The van der Waals surface area contributed by atoms with Gasteiger partial charge in [0.15, 0.2) is 5.84 Å². The molecule has 2 aromatic heterocycles. The highest BCUT2D eigenvalue weighted by atomic mass is 32.3. The van der Waals surface area contributed by atoms with Crippen LogP contribution in [0.2, 0.25) is 0 Å². The van der Waals surface area contributed by atoms with Crippen molar-refractivity contribution in [1.29, 1.82) is 0 Å². The van der Waals surface area contributed by atoms with E-state index in [-0.39, 0.29) is 28.0 Å². The van der Waals surface area contributed by atoms with Crippen LogP contribution in [0.25, 0.3) is 11.0 Å². The van der Waals surface area contributed by atoms with E-state index in [4.69, 9.17) is 0 Å². The number of aromatic hydroxyl groups is 1. The number of rotatable bonds is 4. The van der Waals surface area contributed by atoms with Crippen molar-refractivity contribution in [2.24, 2.45) is 10.3 Å². The maximum atomic E-state index is 13.4. The molecule has 1 aliphatic rings. The van der Waals surface area contributed by atoms with Crippen molar-refractivity contribution in [3.63, 3.8) is 0 Å². The Kier molecular flexibility index (Phi) is 4.81. The summed E-state index contributed by atoms with van der Waals surface area (Å²) < 4.78 is 26.5. The molecule has 3 aromatic rings. The molecule has 1 aromatic carbocycles. The number of aromatic nitrogens is 2. The molecule has 4 rings (SSSR count). The first kappa shape index (κ1) is 19.4. The molecule has 4 N–H and O–H groups in total. The fourth-order valence-electron chi connectivity index (χ4n) is 3.33. The van der Waals surface area contributed by atoms with Gasteiger partial charge >= 0.3 is 0 Å². The van der Waals surface area contributed by atoms with Crippen molar-refractivity contribution in [3.05, 3.63) is 58.5 Å². The van der Waals surface area contributed by atoms with Crippen LogP contribution >= 0.6 is 10.8 Å². The molecule has 0 radical (unpaired) electrons. The highest BCUT2D eigenvalue weighted by Gasteiger charge is 2.30. The second-order valence-corrected chi connectivity index (χ2v) is 8.77. The topological polar surface area (TPSA) is 120 Å². The van der Waals surface area contributed by atoms with Crippen LogP contribution in [0.15, 0.2) is 56.7 Å². The smallest absolute Gasteiger partial charge is 0.267 e. The van der Waals surface area contributed by atoms with Gasteiger partial charge < -0.3 is 10.4 Å². The Labute approximate surface area is 169 Å². The first-order valence-corrected chi connectivity index (χ1v) is 10.8. The highest BCUT2D eigenvalue weighted by Crippen LogP contribution is 2.55. The number of anilines is 1. The Morgan fingerprint density at radius 1 is 1.21 bits per heavy atom. The summed E-state index contributed by atoms with van der Waals surface area (Å²) >= 11 is 0. The van der Waals surface area contributed by atoms with Crippen LogP contribution in [0.3, 0.4) is 0 Å². The lowest BCUT2D eigenvalue weighted by atomic mass is 10.1. The molecule has 0 saturated heterocycles. The molecule has 0 amide bonds. The van der Waals surface area contributed by atoms with Gasteiger partial charge in [0, 0.05) is 12.7 Å². The lowest BCUT2D eigenvalue weighted by Crippen LogP contribution is -2.33. The summed E-state index contributed by atoms with van der Waals surface area (Å²) in [5.41, 5.74) is 0.205. The number of amidine groups is 1. The van der Waals surface area contributed by atoms with Crippen LogP contribution in [0.5, 0.6) is 5.75 Å². The minimum absolute atomic E-state index is 0.0742. The molecule has 0 bridgehead atoms. The van der Waals surface area contributed by atoms with Gasteiger partial charge in [0.1, 0.15) is 21.9 Å². The molecular weight excluding hydrogens is 392 g/mol. The van der Waals surface area contributed by atoms with Crippen LogP contribution in [0.1, 0.15) is 25.8 Å². The fourth-order valence-corrected chi connectivity index (χ4v) is 4.50. The van der Waals surface area contributed by atoms with Gasteiger partial charge in [-0.1, -0.05) is 43.2 Å². The number of hydrogen-bond acceptors (Lipinski definition) is 7. The van der Waals surface area contributed by atoms with Crippen molar-refractivity contribution >= 4 is 33.3 Å². The van der Waals surface area contributed by atoms with E-state index in [2.05, 4.69) is 14.7 Å². The Bertz CT molecular complexity index is 1190. The molecule has 0 spiro atoms. The SMILES string of the molecule is CC[C@H](C)Cn1c(=O)c(C2=NS(O)(O)c3ccccc3N2)c(O)c2cccnc21. The third kappa shape index (κ3) is 3.27. The molecule has 0 unspecified atom stereocenters. The molecule has 152 valence electrons. The summed E-state index contributed by atoms with van der Waals surface area (Å²) in [6, 6.07) is 9.97. The van der Waals surface area contributed by atoms with Gasteiger partial charge in [0.2, 0.25) is 0 Å². The average molecular weight is 414 g/mol. The maximum absolute atomic E-state index is 13.4. The van der Waals surface area contributed by atoms with Gasteiger partial charge in [-0.05, 0) is 30.2 Å². The predicted molar refractivity (Wildman–Crippen MR) is 115 cm³/mol. The quantitative estimate of drug-likeness (QED) is 0.511. The first-order valence-electron chi connectivity index (χ1n) is 9.28. The number of hydrogen-bond donors (Lipinski definition) is 4. The zero-order valence-electron chi connectivity index (χ0n) is 16.0. The summed E-state index contributed by atoms with van der Waals surface area (Å²) in [5.74, 6) is -0.160. The second kappa shape index (κ2) is 7.18. The molecule has 0 fully saturated rings. The third-order valence-electron chi connectivity index (χ3n) is 5.08. The van der Waals surface area contributed by atoms with Crippen molar-refractivity contribution in [3.8, 4) is 5.75 Å². The van der Waals surface area contributed by atoms with Crippen LogP contribution in [0, 0.1) is 5.92 Å². The normalized spacial score (nSPS) is 17.2. The Morgan fingerprint density at radius 3 is 2.72 bits per heavy atom. The first-order chi connectivity index (χ1) is 13.8. The summed E-state index contributed by atoms with van der Waals surface area (Å²) in [6.07, 6.45) is 2.43. The molecular formula is C20H22N4O4S.